The molecule has 4 nitrogen and oxygen atoms in total. The van der Waals surface area contributed by atoms with E-state index in [0.717, 1.165) is 18.9 Å². The summed E-state index contributed by atoms with van der Waals surface area (Å²) in [6.45, 7) is 1.40. The summed E-state index contributed by atoms with van der Waals surface area (Å²) in [5, 5.41) is 21.8. The lowest BCUT2D eigenvalue weighted by atomic mass is 10.1. The highest BCUT2D eigenvalue weighted by molar-refractivity contribution is 7.92. The van der Waals surface area contributed by atoms with Crippen molar-refractivity contribution in [2.45, 2.75) is 30.2 Å². The number of rotatable bonds is 4. The molecule has 0 radical (unpaired) electrons. The summed E-state index contributed by atoms with van der Waals surface area (Å²) in [6, 6.07) is 5.58. The smallest absolute Gasteiger partial charge is 0.578 e. The summed E-state index contributed by atoms with van der Waals surface area (Å²) >= 11 is 1.96. The van der Waals surface area contributed by atoms with E-state index in [1.807, 2.05) is 6.07 Å². The molecule has 1 aromatic rings. The first kappa shape index (κ1) is 18.6. The normalized spacial score (nSPS) is 16.8. The van der Waals surface area contributed by atoms with Crippen LogP contribution in [0.1, 0.15) is 18.4 Å². The minimum atomic E-state index is -4.83. The van der Waals surface area contributed by atoms with Gasteiger partial charge in [0, 0.05) is 17.2 Å². The van der Waals surface area contributed by atoms with Crippen LogP contribution in [0, 0.1) is 24.2 Å². The lowest BCUT2D eigenvalue weighted by Gasteiger charge is -2.15. The van der Waals surface area contributed by atoms with Gasteiger partial charge in [-0.1, -0.05) is 12.2 Å². The zero-order valence-corrected chi connectivity index (χ0v) is 14.1. The third kappa shape index (κ3) is 4.20. The average Bonchev–Trinajstić information content (AvgIpc) is 3.31. The van der Waals surface area contributed by atoms with E-state index in [1.165, 1.54) is 19.1 Å². The highest BCUT2D eigenvalue weighted by Gasteiger charge is 2.46. The van der Waals surface area contributed by atoms with Crippen molar-refractivity contribution >= 4 is 34.1 Å². The van der Waals surface area contributed by atoms with Crippen LogP contribution in [0.3, 0.4) is 0 Å². The topological polar surface area (TPSA) is 79.1 Å². The van der Waals surface area contributed by atoms with Crippen LogP contribution in [-0.2, 0) is 11.2 Å². The van der Waals surface area contributed by atoms with Crippen LogP contribution >= 0.6 is 12.2 Å². The number of nitrogens with zero attached hydrogens (tertiary/aromatic N) is 1. The van der Waals surface area contributed by atoms with Crippen molar-refractivity contribution in [3.8, 4) is 6.07 Å². The number of hydrogen-bond acceptors (Lipinski definition) is 4. The zero-order chi connectivity index (χ0) is 18.1. The molecule has 0 heterocycles. The number of nitriles is 1. The lowest BCUT2D eigenvalue weighted by Crippen LogP contribution is -2.24. The van der Waals surface area contributed by atoms with Crippen molar-refractivity contribution in [2.75, 3.05) is 5.32 Å². The Balaban J connectivity index is 2.19. The summed E-state index contributed by atoms with van der Waals surface area (Å²) < 4.78 is 49.0. The number of nitrogens with one attached hydrogen (secondary N) is 1. The Labute approximate surface area is 145 Å². The van der Waals surface area contributed by atoms with Crippen LogP contribution in [0.25, 0.3) is 0 Å². The maximum atomic E-state index is 12.5. The third-order valence-corrected chi connectivity index (χ3v) is 4.99. The molecule has 9 heteroatoms. The fraction of sp³-hybridized carbons (Fsp3) is 0.333. The molecule has 1 unspecified atom stereocenters. The van der Waals surface area contributed by atoms with Crippen LogP contribution < -0.4 is 5.32 Å². The van der Waals surface area contributed by atoms with Gasteiger partial charge in [-0.15, -0.1) is 13.2 Å². The van der Waals surface area contributed by atoms with Gasteiger partial charge in [-0.2, -0.15) is 5.26 Å². The van der Waals surface area contributed by atoms with Gasteiger partial charge in [-0.3, -0.25) is 0 Å². The number of thiocarbonyl (C=S) groups is 1. The van der Waals surface area contributed by atoms with Crippen LogP contribution in [0.4, 0.5) is 18.9 Å². The minimum Gasteiger partial charge on any atom is -0.604 e. The summed E-state index contributed by atoms with van der Waals surface area (Å²) in [5.74, 6) is -0.126. The van der Waals surface area contributed by atoms with E-state index in [2.05, 4.69) is 5.32 Å². The van der Waals surface area contributed by atoms with E-state index in [9.17, 15) is 22.8 Å². The first-order chi connectivity index (χ1) is 11.1. The van der Waals surface area contributed by atoms with Gasteiger partial charge in [0.05, 0.1) is 11.2 Å². The number of benzene rings is 1. The molecule has 1 saturated carbocycles. The van der Waals surface area contributed by atoms with Crippen LogP contribution in [0.5, 0.6) is 0 Å². The summed E-state index contributed by atoms with van der Waals surface area (Å²) in [6.07, 6.45) is 1.58. The Kier molecular flexibility index (Phi) is 5.42. The highest BCUT2D eigenvalue weighted by atomic mass is 32.2. The van der Waals surface area contributed by atoms with Crippen LogP contribution in [0.2, 0.25) is 0 Å². The Morgan fingerprint density at radius 3 is 2.54 bits per heavy atom. The first-order valence-electron chi connectivity index (χ1n) is 6.89. The van der Waals surface area contributed by atoms with Gasteiger partial charge in [-0.25, -0.2) is 0 Å². The second kappa shape index (κ2) is 7.01. The van der Waals surface area contributed by atoms with Gasteiger partial charge >= 0.3 is 5.51 Å². The molecule has 0 saturated heterocycles. The molecular weight excluding hydrogens is 361 g/mol. The molecule has 1 aliphatic rings. The Morgan fingerprint density at radius 2 is 2.08 bits per heavy atom. The monoisotopic (exact) mass is 374 g/mol. The number of aryl methyl sites for hydroxylation is 1. The molecule has 0 aliphatic heterocycles. The Hall–Kier alpha value is -1.76. The van der Waals surface area contributed by atoms with Gasteiger partial charge in [0.1, 0.15) is 22.4 Å². The zero-order valence-electron chi connectivity index (χ0n) is 12.5. The van der Waals surface area contributed by atoms with E-state index >= 15 is 0 Å². The number of hydrogen-bond donors (Lipinski definition) is 2. The molecule has 1 aromatic carbocycles. The number of allylic oxidation sites excluding steroid dienone is 1. The highest BCUT2D eigenvalue weighted by Crippen LogP contribution is 2.37. The molecular formula is C15H13F3N2O2S2. The standard InChI is InChI=1S/C15H13F3N2O2S2/c1-8-6-10(4-5-12(8)24(22)15(16,17)18)20-14(23)11(7-19)13(21)9-2-3-9/h4-6,9,21H,2-3H2,1H3,(H,20,23)/b13-11+. The van der Waals surface area contributed by atoms with Crippen molar-refractivity contribution in [3.05, 3.63) is 35.1 Å². The predicted molar refractivity (Wildman–Crippen MR) is 87.9 cm³/mol. The molecule has 1 atom stereocenters. The number of halogens is 3. The molecule has 2 N–H and O–H groups in total. The van der Waals surface area contributed by atoms with Crippen molar-refractivity contribution in [3.63, 3.8) is 0 Å². The largest absolute Gasteiger partial charge is 0.604 e. The minimum absolute atomic E-state index is 0.00834. The van der Waals surface area contributed by atoms with Crippen LogP contribution in [-0.4, -0.2) is 20.2 Å². The number of aliphatic hydroxyl groups excluding tert-OH is 1. The van der Waals surface area contributed by atoms with Crippen molar-refractivity contribution in [1.82, 2.24) is 0 Å². The molecule has 128 valence electrons. The number of anilines is 1. The molecule has 1 fully saturated rings. The summed E-state index contributed by atoms with van der Waals surface area (Å²) in [5.41, 5.74) is -4.36. The molecule has 0 bridgehead atoms. The quantitative estimate of drug-likeness (QED) is 0.273. The Morgan fingerprint density at radius 1 is 1.46 bits per heavy atom. The maximum absolute atomic E-state index is 12.5. The van der Waals surface area contributed by atoms with Crippen LogP contribution in [0.15, 0.2) is 34.4 Å². The second-order valence-corrected chi connectivity index (χ2v) is 7.14. The van der Waals surface area contributed by atoms with E-state index in [4.69, 9.17) is 17.5 Å². The van der Waals surface area contributed by atoms with Gasteiger partial charge in [-0.05, 0) is 38.0 Å². The summed E-state index contributed by atoms with van der Waals surface area (Å²) in [7, 11) is 0. The molecule has 2 rings (SSSR count). The van der Waals surface area contributed by atoms with Gasteiger partial charge in [0.2, 0.25) is 0 Å². The first-order valence-corrected chi connectivity index (χ1v) is 8.44. The average molecular weight is 374 g/mol. The third-order valence-electron chi connectivity index (χ3n) is 3.40. The Bertz CT molecular complexity index is 737. The van der Waals surface area contributed by atoms with E-state index in [1.54, 1.807) is 0 Å². The van der Waals surface area contributed by atoms with Crippen molar-refractivity contribution < 1.29 is 22.8 Å². The fourth-order valence-corrected chi connectivity index (χ4v) is 3.10. The van der Waals surface area contributed by atoms with Gasteiger partial charge in [0.15, 0.2) is 4.90 Å². The SMILES string of the molecule is Cc1cc(NC(=S)/C(C#N)=C(/O)C2CC2)ccc1[S+]([O-])C(F)(F)F. The predicted octanol–water partition coefficient (Wildman–Crippen LogP) is 4.11. The summed E-state index contributed by atoms with van der Waals surface area (Å²) in [4.78, 5) is -0.346. The number of alkyl halides is 3. The molecule has 0 aromatic heterocycles. The molecule has 1 aliphatic carbocycles. The van der Waals surface area contributed by atoms with E-state index in [0.29, 0.717) is 5.69 Å². The maximum Gasteiger partial charge on any atom is 0.578 e. The lowest BCUT2D eigenvalue weighted by molar-refractivity contribution is -0.0435. The molecule has 24 heavy (non-hydrogen) atoms. The second-order valence-electron chi connectivity index (χ2n) is 5.30. The van der Waals surface area contributed by atoms with Crippen molar-refractivity contribution in [1.29, 1.82) is 5.26 Å². The van der Waals surface area contributed by atoms with E-state index < -0.39 is 16.7 Å². The number of aliphatic hydroxyl groups is 1. The fourth-order valence-electron chi connectivity index (χ4n) is 2.04. The van der Waals surface area contributed by atoms with Gasteiger partial charge in [0.25, 0.3) is 0 Å². The molecule has 0 amide bonds. The van der Waals surface area contributed by atoms with Crippen molar-refractivity contribution in [2.24, 2.45) is 5.92 Å². The van der Waals surface area contributed by atoms with E-state index in [-0.39, 0.29) is 32.7 Å². The molecule has 0 spiro atoms. The van der Waals surface area contributed by atoms with Gasteiger partial charge < -0.3 is 15.0 Å².